The average molecular weight is 427 g/mol. The fourth-order valence-corrected chi connectivity index (χ4v) is 4.03. The Morgan fingerprint density at radius 3 is 2.45 bits per heavy atom. The summed E-state index contributed by atoms with van der Waals surface area (Å²) in [4.78, 5) is 30.1. The predicted molar refractivity (Wildman–Crippen MR) is 118 cm³/mol. The molecule has 3 aromatic heterocycles. The van der Waals surface area contributed by atoms with Crippen LogP contribution in [0, 0.1) is 20.8 Å². The van der Waals surface area contributed by atoms with E-state index in [9.17, 15) is 9.59 Å². The van der Waals surface area contributed by atoms with E-state index in [0.29, 0.717) is 34.5 Å². The minimum absolute atomic E-state index is 0.0969. The average Bonchev–Trinajstić information content (AvgIpc) is 3.25. The molecule has 8 heteroatoms. The molecule has 0 aliphatic heterocycles. The largest absolute Gasteiger partial charge is 0.454 e. The van der Waals surface area contributed by atoms with Gasteiger partial charge < -0.3 is 14.0 Å². The normalized spacial score (nSPS) is 12.5. The quantitative estimate of drug-likeness (QED) is 0.400. The van der Waals surface area contributed by atoms with Gasteiger partial charge in [0.2, 0.25) is 5.78 Å². The summed E-state index contributed by atoms with van der Waals surface area (Å²) in [5.41, 5.74) is 4.03. The molecule has 0 fully saturated rings. The third-order valence-corrected chi connectivity index (χ3v) is 5.37. The molecule has 3 aromatic rings. The van der Waals surface area contributed by atoms with E-state index in [4.69, 9.17) is 9.47 Å². The van der Waals surface area contributed by atoms with Crippen LogP contribution in [0.2, 0.25) is 0 Å². The fraction of sp³-hybridized carbons (Fsp3) is 0.478. The van der Waals surface area contributed by atoms with Gasteiger partial charge in [0.1, 0.15) is 0 Å². The molecule has 0 radical (unpaired) electrons. The lowest BCUT2D eigenvalue weighted by Gasteiger charge is -2.17. The zero-order valence-corrected chi connectivity index (χ0v) is 19.2. The van der Waals surface area contributed by atoms with Gasteiger partial charge in [0, 0.05) is 35.8 Å². The van der Waals surface area contributed by atoms with E-state index < -0.39 is 5.97 Å². The van der Waals surface area contributed by atoms with Gasteiger partial charge in [-0.15, -0.1) is 0 Å². The first-order valence-corrected chi connectivity index (χ1v) is 10.4. The predicted octanol–water partition coefficient (Wildman–Crippen LogP) is 3.99. The van der Waals surface area contributed by atoms with Crippen LogP contribution >= 0.6 is 0 Å². The van der Waals surface area contributed by atoms with E-state index in [2.05, 4.69) is 14.6 Å². The number of esters is 1. The molecule has 1 atom stereocenters. The number of fused-ring (bicyclic) bond motifs is 1. The molecule has 0 aliphatic rings. The van der Waals surface area contributed by atoms with Gasteiger partial charge in [-0.1, -0.05) is 0 Å². The first-order chi connectivity index (χ1) is 14.6. The van der Waals surface area contributed by atoms with Crippen LogP contribution in [0.15, 0.2) is 18.3 Å². The van der Waals surface area contributed by atoms with E-state index in [1.165, 1.54) is 0 Å². The van der Waals surface area contributed by atoms with Crippen LogP contribution in [0.25, 0.3) is 11.0 Å². The molecule has 0 N–H and O–H groups in total. The highest BCUT2D eigenvalue weighted by Crippen LogP contribution is 2.23. The summed E-state index contributed by atoms with van der Waals surface area (Å²) in [5.74, 6) is -0.800. The number of ether oxygens (including phenoxy) is 2. The van der Waals surface area contributed by atoms with Crippen LogP contribution in [-0.4, -0.2) is 51.4 Å². The number of nitrogens with zero attached hydrogens (tertiary/aromatic N) is 4. The number of carbonyl (C=O) groups is 2. The fourth-order valence-electron chi connectivity index (χ4n) is 4.03. The van der Waals surface area contributed by atoms with Crippen LogP contribution in [0.1, 0.15) is 70.7 Å². The summed E-state index contributed by atoms with van der Waals surface area (Å²) in [7, 11) is 1.65. The van der Waals surface area contributed by atoms with Gasteiger partial charge in [0.15, 0.2) is 12.3 Å². The highest BCUT2D eigenvalue weighted by atomic mass is 16.5. The van der Waals surface area contributed by atoms with Crippen molar-refractivity contribution in [3.05, 3.63) is 46.5 Å². The second kappa shape index (κ2) is 9.01. The van der Waals surface area contributed by atoms with E-state index >= 15 is 0 Å². The van der Waals surface area contributed by atoms with E-state index in [1.54, 1.807) is 24.1 Å². The van der Waals surface area contributed by atoms with E-state index in [0.717, 1.165) is 11.4 Å². The minimum Gasteiger partial charge on any atom is -0.454 e. The summed E-state index contributed by atoms with van der Waals surface area (Å²) in [5, 5.41) is 4.96. The second-order valence-corrected chi connectivity index (χ2v) is 8.19. The standard InChI is InChI=1S/C23H30N4O4/c1-13(2)27-22-20(10-24-27)19(8-14(3)25-22)23(29)31-12-21(28)18-9-15(4)26(17(18)6)16(5)11-30-7/h8-10,13,16H,11-12H2,1-7H3. The summed E-state index contributed by atoms with van der Waals surface area (Å²) < 4.78 is 14.5. The molecule has 3 rings (SSSR count). The van der Waals surface area contributed by atoms with Crippen molar-refractivity contribution >= 4 is 22.8 Å². The Kier molecular flexibility index (Phi) is 6.59. The van der Waals surface area contributed by atoms with Gasteiger partial charge in [0.25, 0.3) is 0 Å². The smallest absolute Gasteiger partial charge is 0.339 e. The maximum Gasteiger partial charge on any atom is 0.339 e. The molecule has 166 valence electrons. The van der Waals surface area contributed by atoms with Crippen molar-refractivity contribution in [2.24, 2.45) is 0 Å². The van der Waals surface area contributed by atoms with Crippen molar-refractivity contribution in [2.75, 3.05) is 20.3 Å². The van der Waals surface area contributed by atoms with Crippen LogP contribution in [-0.2, 0) is 9.47 Å². The Balaban J connectivity index is 1.80. The van der Waals surface area contributed by atoms with Gasteiger partial charge in [-0.05, 0) is 53.7 Å². The Labute approximate surface area is 182 Å². The third-order valence-electron chi connectivity index (χ3n) is 5.37. The van der Waals surface area contributed by atoms with Crippen molar-refractivity contribution in [2.45, 2.75) is 53.6 Å². The molecule has 0 amide bonds. The SMILES string of the molecule is COCC(C)n1c(C)cc(C(=O)COC(=O)c2cc(C)nc3c2cnn3C(C)C)c1C. The summed E-state index contributed by atoms with van der Waals surface area (Å²) in [6.45, 7) is 11.9. The highest BCUT2D eigenvalue weighted by molar-refractivity contribution is 6.05. The van der Waals surface area contributed by atoms with Gasteiger partial charge in [-0.25, -0.2) is 14.5 Å². The number of rotatable bonds is 8. The summed E-state index contributed by atoms with van der Waals surface area (Å²) in [6.07, 6.45) is 1.62. The molecular formula is C23H30N4O4. The number of ketones is 1. The first kappa shape index (κ1) is 22.7. The van der Waals surface area contributed by atoms with Crippen molar-refractivity contribution in [1.29, 1.82) is 0 Å². The van der Waals surface area contributed by atoms with Gasteiger partial charge in [0.05, 0.1) is 29.8 Å². The molecular weight excluding hydrogens is 396 g/mol. The molecule has 0 spiro atoms. The molecule has 31 heavy (non-hydrogen) atoms. The third kappa shape index (κ3) is 4.39. The topological polar surface area (TPSA) is 88.2 Å². The lowest BCUT2D eigenvalue weighted by Crippen LogP contribution is -2.17. The van der Waals surface area contributed by atoms with Gasteiger partial charge in [-0.3, -0.25) is 4.79 Å². The van der Waals surface area contributed by atoms with E-state index in [1.807, 2.05) is 47.6 Å². The number of methoxy groups -OCH3 is 1. The molecule has 0 saturated heterocycles. The lowest BCUT2D eigenvalue weighted by atomic mass is 10.1. The molecule has 0 saturated carbocycles. The Bertz CT molecular complexity index is 1130. The lowest BCUT2D eigenvalue weighted by molar-refractivity contribution is 0.0476. The van der Waals surface area contributed by atoms with E-state index in [-0.39, 0.29) is 24.5 Å². The Morgan fingerprint density at radius 1 is 1.10 bits per heavy atom. The molecule has 0 aliphatic carbocycles. The summed E-state index contributed by atoms with van der Waals surface area (Å²) >= 11 is 0. The minimum atomic E-state index is -0.561. The van der Waals surface area contributed by atoms with Crippen LogP contribution in [0.3, 0.4) is 0 Å². The molecule has 0 bridgehead atoms. The zero-order valence-electron chi connectivity index (χ0n) is 19.2. The van der Waals surface area contributed by atoms with Crippen LogP contribution < -0.4 is 0 Å². The number of hydrogen-bond acceptors (Lipinski definition) is 6. The first-order valence-electron chi connectivity index (χ1n) is 10.4. The van der Waals surface area contributed by atoms with Gasteiger partial charge >= 0.3 is 5.97 Å². The molecule has 8 nitrogen and oxygen atoms in total. The van der Waals surface area contributed by atoms with Crippen LogP contribution in [0.5, 0.6) is 0 Å². The number of aryl methyl sites for hydroxylation is 2. The number of pyridine rings is 1. The molecule has 1 unspecified atom stereocenters. The highest BCUT2D eigenvalue weighted by Gasteiger charge is 2.22. The maximum atomic E-state index is 12.8. The number of Topliss-reactive ketones (excluding diaryl/α,β-unsaturated/α-hetero) is 1. The van der Waals surface area contributed by atoms with Crippen molar-refractivity contribution in [3.8, 4) is 0 Å². The summed E-state index contributed by atoms with van der Waals surface area (Å²) in [6, 6.07) is 3.70. The Morgan fingerprint density at radius 2 is 1.81 bits per heavy atom. The van der Waals surface area contributed by atoms with Crippen molar-refractivity contribution in [3.63, 3.8) is 0 Å². The Hall–Kier alpha value is -3.00. The monoisotopic (exact) mass is 426 g/mol. The van der Waals surface area contributed by atoms with Crippen LogP contribution in [0.4, 0.5) is 0 Å². The number of hydrogen-bond donors (Lipinski definition) is 0. The molecule has 0 aromatic carbocycles. The van der Waals surface area contributed by atoms with Gasteiger partial charge in [-0.2, -0.15) is 5.10 Å². The van der Waals surface area contributed by atoms with Crippen molar-refractivity contribution in [1.82, 2.24) is 19.3 Å². The van der Waals surface area contributed by atoms with Crippen molar-refractivity contribution < 1.29 is 19.1 Å². The zero-order chi connectivity index (χ0) is 22.9. The second-order valence-electron chi connectivity index (χ2n) is 8.19. The maximum absolute atomic E-state index is 12.8. The number of carbonyl (C=O) groups excluding carboxylic acids is 2. The molecule has 3 heterocycles. The number of aromatic nitrogens is 4.